The summed E-state index contributed by atoms with van der Waals surface area (Å²) in [5, 5.41) is 3.01. The van der Waals surface area contributed by atoms with Gasteiger partial charge in [0.1, 0.15) is 11.4 Å². The molecule has 2 aliphatic rings. The van der Waals surface area contributed by atoms with Gasteiger partial charge in [-0.3, -0.25) is 9.79 Å². The monoisotopic (exact) mass is 411 g/mol. The molecule has 1 saturated heterocycles. The van der Waals surface area contributed by atoms with Crippen LogP contribution in [0.5, 0.6) is 0 Å². The van der Waals surface area contributed by atoms with E-state index in [0.717, 1.165) is 16.7 Å². The molecular formula is C22H25N3O3S. The number of amides is 1. The van der Waals surface area contributed by atoms with Crippen molar-refractivity contribution in [2.75, 3.05) is 13.1 Å². The maximum absolute atomic E-state index is 12.8. The van der Waals surface area contributed by atoms with Gasteiger partial charge < -0.3 is 5.32 Å². The van der Waals surface area contributed by atoms with Gasteiger partial charge in [-0.1, -0.05) is 42.5 Å². The molecule has 0 aliphatic carbocycles. The Labute approximate surface area is 171 Å². The van der Waals surface area contributed by atoms with Crippen LogP contribution >= 0.6 is 0 Å². The van der Waals surface area contributed by atoms with Gasteiger partial charge in [-0.2, -0.15) is 0 Å². The summed E-state index contributed by atoms with van der Waals surface area (Å²) in [6, 6.07) is 15.1. The van der Waals surface area contributed by atoms with Crippen LogP contribution in [0.15, 0.2) is 53.5 Å². The summed E-state index contributed by atoms with van der Waals surface area (Å²) in [5.74, 6) is -0.196. The topological polar surface area (TPSA) is 78.8 Å². The van der Waals surface area contributed by atoms with Crippen molar-refractivity contribution in [3.63, 3.8) is 0 Å². The number of piperidine rings is 1. The fourth-order valence-electron chi connectivity index (χ4n) is 3.89. The third kappa shape index (κ3) is 3.97. The summed E-state index contributed by atoms with van der Waals surface area (Å²) in [6.07, 6.45) is 0.947. The van der Waals surface area contributed by atoms with E-state index in [1.807, 2.05) is 62.4 Å². The maximum atomic E-state index is 12.8. The Morgan fingerprint density at radius 3 is 2.38 bits per heavy atom. The highest BCUT2D eigenvalue weighted by molar-refractivity contribution is 7.88. The van der Waals surface area contributed by atoms with Crippen molar-refractivity contribution in [3.8, 4) is 0 Å². The Balaban J connectivity index is 1.49. The number of hydrogen-bond donors (Lipinski definition) is 1. The first-order chi connectivity index (χ1) is 13.8. The number of aryl methyl sites for hydroxylation is 2. The second-order valence-electron chi connectivity index (χ2n) is 7.89. The van der Waals surface area contributed by atoms with Crippen LogP contribution in [0, 0.1) is 13.8 Å². The molecule has 1 fully saturated rings. The fraction of sp³-hybridized carbons (Fsp3) is 0.364. The van der Waals surface area contributed by atoms with Crippen molar-refractivity contribution in [2.24, 2.45) is 4.99 Å². The summed E-state index contributed by atoms with van der Waals surface area (Å²) in [7, 11) is -3.40. The maximum Gasteiger partial charge on any atom is 0.272 e. The van der Waals surface area contributed by atoms with E-state index < -0.39 is 15.7 Å². The molecule has 7 heteroatoms. The van der Waals surface area contributed by atoms with Gasteiger partial charge in [0.15, 0.2) is 0 Å². The standard InChI is InChI=1S/C22H25N3O3S/c1-16-8-9-19(14-17(16)2)20-21(26)24-22(23-20)10-12-25(13-11-22)29(27,28)15-18-6-4-3-5-7-18/h3-9,14H,10-13,15H2,1-2H3,(H,24,26). The minimum atomic E-state index is -3.40. The molecule has 2 heterocycles. The zero-order chi connectivity index (χ0) is 20.6. The Bertz CT molecular complexity index is 1070. The number of benzene rings is 2. The van der Waals surface area contributed by atoms with Crippen LogP contribution in [0.4, 0.5) is 0 Å². The fourth-order valence-corrected chi connectivity index (χ4v) is 5.43. The first-order valence-electron chi connectivity index (χ1n) is 9.80. The molecule has 2 aliphatic heterocycles. The van der Waals surface area contributed by atoms with E-state index in [2.05, 4.69) is 5.32 Å². The minimum Gasteiger partial charge on any atom is -0.326 e. The lowest BCUT2D eigenvalue weighted by molar-refractivity contribution is -0.115. The molecule has 1 amide bonds. The molecule has 0 saturated carbocycles. The van der Waals surface area contributed by atoms with Crippen LogP contribution in [0.3, 0.4) is 0 Å². The second-order valence-corrected chi connectivity index (χ2v) is 9.85. The van der Waals surface area contributed by atoms with Crippen LogP contribution in [-0.2, 0) is 20.6 Å². The smallest absolute Gasteiger partial charge is 0.272 e. The van der Waals surface area contributed by atoms with Crippen molar-refractivity contribution in [1.82, 2.24) is 9.62 Å². The molecular weight excluding hydrogens is 386 g/mol. The number of nitrogens with one attached hydrogen (secondary N) is 1. The average Bonchev–Trinajstić information content (AvgIpc) is 3.00. The van der Waals surface area contributed by atoms with Crippen molar-refractivity contribution in [1.29, 1.82) is 0 Å². The van der Waals surface area contributed by atoms with E-state index in [1.165, 1.54) is 9.87 Å². The number of hydrogen-bond acceptors (Lipinski definition) is 4. The highest BCUT2D eigenvalue weighted by Gasteiger charge is 2.44. The first-order valence-corrected chi connectivity index (χ1v) is 11.4. The number of aliphatic imine (C=N–C) groups is 1. The molecule has 152 valence electrons. The van der Waals surface area contributed by atoms with E-state index in [9.17, 15) is 13.2 Å². The Hall–Kier alpha value is -2.51. The number of carbonyl (C=O) groups excluding carboxylic acids is 1. The zero-order valence-corrected chi connectivity index (χ0v) is 17.5. The molecule has 0 atom stereocenters. The Morgan fingerprint density at radius 2 is 1.72 bits per heavy atom. The Morgan fingerprint density at radius 1 is 1.03 bits per heavy atom. The van der Waals surface area contributed by atoms with Crippen LogP contribution in [-0.4, -0.2) is 43.1 Å². The predicted octanol–water partition coefficient (Wildman–Crippen LogP) is 2.54. The van der Waals surface area contributed by atoms with E-state index in [4.69, 9.17) is 4.99 Å². The van der Waals surface area contributed by atoms with Crippen molar-refractivity contribution >= 4 is 21.6 Å². The van der Waals surface area contributed by atoms with E-state index >= 15 is 0 Å². The SMILES string of the molecule is Cc1ccc(C2=NC3(CCN(S(=O)(=O)Cc4ccccc4)CC3)NC2=O)cc1C. The number of carbonyl (C=O) groups is 1. The molecule has 0 aromatic heterocycles. The molecule has 1 spiro atoms. The molecule has 2 aromatic carbocycles. The quantitative estimate of drug-likeness (QED) is 0.840. The van der Waals surface area contributed by atoms with E-state index in [0.29, 0.717) is 31.6 Å². The summed E-state index contributed by atoms with van der Waals surface area (Å²) < 4.78 is 27.1. The summed E-state index contributed by atoms with van der Waals surface area (Å²) in [4.78, 5) is 17.3. The first kappa shape index (κ1) is 19.8. The van der Waals surface area contributed by atoms with Gasteiger partial charge in [0.05, 0.1) is 5.75 Å². The summed E-state index contributed by atoms with van der Waals surface area (Å²) in [5.41, 5.74) is 3.59. The normalized spacial score (nSPS) is 19.2. The molecule has 0 bridgehead atoms. The van der Waals surface area contributed by atoms with Crippen LogP contribution in [0.2, 0.25) is 0 Å². The van der Waals surface area contributed by atoms with Crippen LogP contribution < -0.4 is 5.32 Å². The van der Waals surface area contributed by atoms with Crippen LogP contribution in [0.25, 0.3) is 0 Å². The molecule has 0 radical (unpaired) electrons. The zero-order valence-electron chi connectivity index (χ0n) is 16.7. The minimum absolute atomic E-state index is 0.00956. The van der Waals surface area contributed by atoms with Gasteiger partial charge >= 0.3 is 0 Å². The molecule has 1 N–H and O–H groups in total. The van der Waals surface area contributed by atoms with Crippen molar-refractivity contribution in [3.05, 3.63) is 70.8 Å². The lowest BCUT2D eigenvalue weighted by Crippen LogP contribution is -2.52. The third-order valence-electron chi connectivity index (χ3n) is 5.80. The summed E-state index contributed by atoms with van der Waals surface area (Å²) >= 11 is 0. The van der Waals surface area contributed by atoms with Gasteiger partial charge in [0, 0.05) is 31.5 Å². The van der Waals surface area contributed by atoms with Gasteiger partial charge in [0.25, 0.3) is 5.91 Å². The molecule has 29 heavy (non-hydrogen) atoms. The molecule has 0 unspecified atom stereocenters. The van der Waals surface area contributed by atoms with Crippen LogP contribution in [0.1, 0.15) is 35.1 Å². The third-order valence-corrected chi connectivity index (χ3v) is 7.65. The van der Waals surface area contributed by atoms with E-state index in [1.54, 1.807) is 0 Å². The average molecular weight is 412 g/mol. The van der Waals surface area contributed by atoms with Gasteiger partial charge in [-0.15, -0.1) is 0 Å². The van der Waals surface area contributed by atoms with Gasteiger partial charge in [-0.25, -0.2) is 12.7 Å². The number of sulfonamides is 1. The van der Waals surface area contributed by atoms with Gasteiger partial charge in [0.2, 0.25) is 10.0 Å². The number of rotatable bonds is 4. The number of nitrogens with zero attached hydrogens (tertiary/aromatic N) is 2. The lowest BCUT2D eigenvalue weighted by atomic mass is 10.00. The second kappa shape index (κ2) is 7.39. The highest BCUT2D eigenvalue weighted by Crippen LogP contribution is 2.30. The summed E-state index contributed by atoms with van der Waals surface area (Å²) in [6.45, 7) is 4.74. The van der Waals surface area contributed by atoms with E-state index in [-0.39, 0.29) is 11.7 Å². The highest BCUT2D eigenvalue weighted by atomic mass is 32.2. The van der Waals surface area contributed by atoms with Crippen molar-refractivity contribution in [2.45, 2.75) is 38.1 Å². The van der Waals surface area contributed by atoms with Gasteiger partial charge in [-0.05, 0) is 36.6 Å². The predicted molar refractivity (Wildman–Crippen MR) is 113 cm³/mol. The molecule has 4 rings (SSSR count). The lowest BCUT2D eigenvalue weighted by Gasteiger charge is -2.36. The Kier molecular flexibility index (Phi) is 5.04. The van der Waals surface area contributed by atoms with Crippen molar-refractivity contribution < 1.29 is 13.2 Å². The molecule has 2 aromatic rings. The molecule has 6 nitrogen and oxygen atoms in total. The largest absolute Gasteiger partial charge is 0.326 e.